The molecule has 0 aliphatic carbocycles. The largest absolute Gasteiger partial charge is 0.388 e. The molecule has 0 saturated heterocycles. The molecule has 0 amide bonds. The molecule has 4 heteroatoms. The zero-order valence-electron chi connectivity index (χ0n) is 11.2. The molecule has 2 aromatic carbocycles. The zero-order valence-corrected chi connectivity index (χ0v) is 11.9. The minimum absolute atomic E-state index is 0.223. The monoisotopic (exact) mass is 293 g/mol. The third-order valence-corrected chi connectivity index (χ3v) is 3.69. The highest BCUT2D eigenvalue weighted by Crippen LogP contribution is 2.34. The number of aryl methyl sites for hydroxylation is 1. The third kappa shape index (κ3) is 3.18. The van der Waals surface area contributed by atoms with E-state index >= 15 is 0 Å². The molecule has 2 aromatic rings. The summed E-state index contributed by atoms with van der Waals surface area (Å²) < 4.78 is 13.5. The van der Waals surface area contributed by atoms with Crippen LogP contribution in [0.25, 0.3) is 0 Å². The molecule has 0 fully saturated rings. The second kappa shape index (κ2) is 6.35. The minimum atomic E-state index is -0.894. The summed E-state index contributed by atoms with van der Waals surface area (Å²) in [4.78, 5) is 0. The molecule has 0 spiro atoms. The quantitative estimate of drug-likeness (QED) is 0.905. The van der Waals surface area contributed by atoms with Crippen LogP contribution in [0.4, 0.5) is 4.39 Å². The van der Waals surface area contributed by atoms with Gasteiger partial charge in [0.25, 0.3) is 0 Å². The Labute approximate surface area is 123 Å². The molecule has 0 aliphatic rings. The fourth-order valence-corrected chi connectivity index (χ4v) is 2.65. The smallest absolute Gasteiger partial charge is 0.123 e. The minimum Gasteiger partial charge on any atom is -0.388 e. The number of nitrogens with two attached hydrogens (primary N) is 1. The Morgan fingerprint density at radius 3 is 2.55 bits per heavy atom. The number of hydrogen-bond acceptors (Lipinski definition) is 2. The van der Waals surface area contributed by atoms with Crippen LogP contribution in [0.1, 0.15) is 28.7 Å². The van der Waals surface area contributed by atoms with Crippen LogP contribution in [0, 0.1) is 12.7 Å². The van der Waals surface area contributed by atoms with E-state index in [2.05, 4.69) is 0 Å². The number of rotatable bonds is 4. The van der Waals surface area contributed by atoms with Crippen molar-refractivity contribution in [1.29, 1.82) is 0 Å². The number of aliphatic hydroxyl groups excluding tert-OH is 1. The normalized spacial score (nSPS) is 14.1. The maximum atomic E-state index is 13.5. The van der Waals surface area contributed by atoms with Gasteiger partial charge < -0.3 is 10.8 Å². The molecular weight excluding hydrogens is 277 g/mol. The van der Waals surface area contributed by atoms with Crippen molar-refractivity contribution in [3.63, 3.8) is 0 Å². The Morgan fingerprint density at radius 2 is 1.95 bits per heavy atom. The second-order valence-corrected chi connectivity index (χ2v) is 5.28. The fourth-order valence-electron chi connectivity index (χ4n) is 2.37. The molecule has 0 aliphatic heterocycles. The van der Waals surface area contributed by atoms with Crippen LogP contribution in [0.3, 0.4) is 0 Å². The van der Waals surface area contributed by atoms with Crippen LogP contribution >= 0.6 is 11.6 Å². The van der Waals surface area contributed by atoms with Crippen LogP contribution in [0.2, 0.25) is 5.02 Å². The zero-order chi connectivity index (χ0) is 14.7. The lowest BCUT2D eigenvalue weighted by Gasteiger charge is -2.23. The summed E-state index contributed by atoms with van der Waals surface area (Å²) in [5.74, 6) is -0.737. The first-order valence-electron chi connectivity index (χ1n) is 6.42. The maximum absolute atomic E-state index is 13.5. The third-order valence-electron chi connectivity index (χ3n) is 3.35. The molecule has 0 aromatic heterocycles. The Hall–Kier alpha value is -1.42. The van der Waals surface area contributed by atoms with Crippen LogP contribution < -0.4 is 5.73 Å². The molecule has 0 saturated carbocycles. The van der Waals surface area contributed by atoms with Crippen LogP contribution in [-0.4, -0.2) is 11.7 Å². The van der Waals surface area contributed by atoms with Crippen molar-refractivity contribution in [3.8, 4) is 0 Å². The summed E-state index contributed by atoms with van der Waals surface area (Å²) in [7, 11) is 0. The van der Waals surface area contributed by atoms with Gasteiger partial charge in [-0.15, -0.1) is 0 Å². The van der Waals surface area contributed by atoms with Gasteiger partial charge >= 0.3 is 0 Å². The first kappa shape index (κ1) is 15.0. The van der Waals surface area contributed by atoms with Gasteiger partial charge in [0.05, 0.1) is 6.10 Å². The van der Waals surface area contributed by atoms with E-state index in [1.807, 2.05) is 18.2 Å². The highest BCUT2D eigenvalue weighted by molar-refractivity contribution is 6.31. The van der Waals surface area contributed by atoms with Gasteiger partial charge in [-0.3, -0.25) is 0 Å². The van der Waals surface area contributed by atoms with E-state index in [0.29, 0.717) is 10.6 Å². The molecule has 20 heavy (non-hydrogen) atoms. The van der Waals surface area contributed by atoms with E-state index in [1.165, 1.54) is 12.1 Å². The van der Waals surface area contributed by atoms with Crippen LogP contribution in [0.15, 0.2) is 42.5 Å². The van der Waals surface area contributed by atoms with Crippen molar-refractivity contribution in [1.82, 2.24) is 0 Å². The highest BCUT2D eigenvalue weighted by atomic mass is 35.5. The lowest BCUT2D eigenvalue weighted by Crippen LogP contribution is -2.20. The lowest BCUT2D eigenvalue weighted by molar-refractivity contribution is 0.147. The van der Waals surface area contributed by atoms with Gasteiger partial charge in [-0.2, -0.15) is 0 Å². The number of hydrogen-bond donors (Lipinski definition) is 2. The summed E-state index contributed by atoms with van der Waals surface area (Å²) in [6.07, 6.45) is -0.894. The van der Waals surface area contributed by atoms with Crippen molar-refractivity contribution < 1.29 is 9.50 Å². The molecule has 106 valence electrons. The maximum Gasteiger partial charge on any atom is 0.123 e. The Bertz CT molecular complexity index is 583. The average Bonchev–Trinajstić information content (AvgIpc) is 2.40. The van der Waals surface area contributed by atoms with Crippen molar-refractivity contribution in [3.05, 3.63) is 70.0 Å². The standard InChI is InChI=1S/C16H17ClFNO/c1-10-6-11(8-12(18)7-10)16(20)14(9-19)13-4-2-3-5-15(13)17/h2-8,14,16,20H,9,19H2,1H3. The summed E-state index contributed by atoms with van der Waals surface area (Å²) in [5, 5.41) is 11.1. The Morgan fingerprint density at radius 1 is 1.25 bits per heavy atom. The van der Waals surface area contributed by atoms with Crippen LogP contribution in [0.5, 0.6) is 0 Å². The lowest BCUT2D eigenvalue weighted by atomic mass is 9.88. The summed E-state index contributed by atoms with van der Waals surface area (Å²) in [6.45, 7) is 2.01. The van der Waals surface area contributed by atoms with E-state index in [4.69, 9.17) is 17.3 Å². The molecule has 2 rings (SSSR count). The van der Waals surface area contributed by atoms with E-state index in [9.17, 15) is 9.50 Å². The first-order chi connectivity index (χ1) is 9.52. The highest BCUT2D eigenvalue weighted by Gasteiger charge is 2.23. The average molecular weight is 294 g/mol. The van der Waals surface area contributed by atoms with E-state index in [1.54, 1.807) is 19.1 Å². The van der Waals surface area contributed by atoms with Gasteiger partial charge in [-0.25, -0.2) is 4.39 Å². The van der Waals surface area contributed by atoms with Gasteiger partial charge in [-0.1, -0.05) is 35.9 Å². The van der Waals surface area contributed by atoms with Crippen molar-refractivity contribution in [2.45, 2.75) is 18.9 Å². The molecule has 0 radical (unpaired) electrons. The van der Waals surface area contributed by atoms with Gasteiger partial charge in [-0.05, 0) is 41.8 Å². The van der Waals surface area contributed by atoms with Gasteiger partial charge in [0, 0.05) is 17.5 Å². The first-order valence-corrected chi connectivity index (χ1v) is 6.80. The topological polar surface area (TPSA) is 46.2 Å². The second-order valence-electron chi connectivity index (χ2n) is 4.87. The number of benzene rings is 2. The summed E-state index contributed by atoms with van der Waals surface area (Å²) in [6, 6.07) is 11.7. The molecule has 0 bridgehead atoms. The summed E-state index contributed by atoms with van der Waals surface area (Å²) >= 11 is 6.15. The van der Waals surface area contributed by atoms with E-state index in [-0.39, 0.29) is 18.3 Å². The van der Waals surface area contributed by atoms with Crippen molar-refractivity contribution >= 4 is 11.6 Å². The molecule has 3 N–H and O–H groups in total. The van der Waals surface area contributed by atoms with E-state index in [0.717, 1.165) is 11.1 Å². The predicted octanol–water partition coefficient (Wildman–Crippen LogP) is 3.56. The number of halogens is 2. The number of aliphatic hydroxyl groups is 1. The SMILES string of the molecule is Cc1cc(F)cc(C(O)C(CN)c2ccccc2Cl)c1. The fraction of sp³-hybridized carbons (Fsp3) is 0.250. The van der Waals surface area contributed by atoms with E-state index < -0.39 is 6.10 Å². The van der Waals surface area contributed by atoms with Gasteiger partial charge in [0.1, 0.15) is 5.82 Å². The van der Waals surface area contributed by atoms with Gasteiger partial charge in [0.15, 0.2) is 0 Å². The van der Waals surface area contributed by atoms with Crippen molar-refractivity contribution in [2.24, 2.45) is 5.73 Å². The Kier molecular flexibility index (Phi) is 4.76. The molecule has 2 unspecified atom stereocenters. The molecule has 0 heterocycles. The predicted molar refractivity (Wildman–Crippen MR) is 79.3 cm³/mol. The van der Waals surface area contributed by atoms with Gasteiger partial charge in [0.2, 0.25) is 0 Å². The molecular formula is C16H17ClFNO. The summed E-state index contributed by atoms with van der Waals surface area (Å²) in [5.41, 5.74) is 7.82. The molecule has 2 atom stereocenters. The molecule has 2 nitrogen and oxygen atoms in total. The van der Waals surface area contributed by atoms with Crippen LogP contribution in [-0.2, 0) is 0 Å². The Balaban J connectivity index is 2.39. The van der Waals surface area contributed by atoms with Crippen molar-refractivity contribution in [2.75, 3.05) is 6.54 Å².